The SMILES string of the molecule is CCC[C@H]1[C@@H]2CCc3cc(OCc4cn([C@@H]5O[C@H](COC(C)=O)[C@@H](OC(C)=O)[C@H](OC(C)=O)[C@H]5OC(C)=O)nn4)ccc3[C@H]2CC[C@]1(C)/C=N/O. The minimum Gasteiger partial charge on any atom is -0.487 e. The summed E-state index contributed by atoms with van der Waals surface area (Å²) in [5, 5.41) is 21.3. The molecule has 51 heavy (non-hydrogen) atoms. The first-order chi connectivity index (χ1) is 24.3. The fourth-order valence-electron chi connectivity index (χ4n) is 8.22. The number of hydrogen-bond acceptors (Lipinski definition) is 14. The van der Waals surface area contributed by atoms with Crippen molar-refractivity contribution in [2.75, 3.05) is 6.61 Å². The van der Waals surface area contributed by atoms with E-state index in [1.165, 1.54) is 29.7 Å². The molecule has 3 aliphatic rings. The summed E-state index contributed by atoms with van der Waals surface area (Å²) in [4.78, 5) is 48.1. The van der Waals surface area contributed by atoms with Gasteiger partial charge in [0.05, 0.1) is 6.20 Å². The Kier molecular flexibility index (Phi) is 12.0. The average Bonchev–Trinajstić information content (AvgIpc) is 3.54. The lowest BCUT2D eigenvalue weighted by molar-refractivity contribution is -0.270. The van der Waals surface area contributed by atoms with Crippen molar-refractivity contribution in [3.8, 4) is 5.75 Å². The van der Waals surface area contributed by atoms with E-state index < -0.39 is 54.5 Å². The van der Waals surface area contributed by atoms with Gasteiger partial charge in [-0.1, -0.05) is 31.5 Å². The van der Waals surface area contributed by atoms with E-state index >= 15 is 0 Å². The molecule has 1 N–H and O–H groups in total. The van der Waals surface area contributed by atoms with Gasteiger partial charge in [-0.15, -0.1) is 10.3 Å². The first kappa shape index (κ1) is 37.7. The molecular formula is C36H48N4O11. The molecule has 0 spiro atoms. The van der Waals surface area contributed by atoms with Gasteiger partial charge in [-0.3, -0.25) is 19.2 Å². The minimum atomic E-state index is -1.33. The van der Waals surface area contributed by atoms with Crippen LogP contribution in [0.4, 0.5) is 0 Å². The number of aryl methyl sites for hydroxylation is 1. The minimum absolute atomic E-state index is 0.0630. The van der Waals surface area contributed by atoms with E-state index in [0.717, 1.165) is 52.4 Å². The van der Waals surface area contributed by atoms with Gasteiger partial charge in [0.25, 0.3) is 0 Å². The van der Waals surface area contributed by atoms with E-state index in [9.17, 15) is 24.4 Å². The van der Waals surface area contributed by atoms with Crippen LogP contribution >= 0.6 is 0 Å². The number of ether oxygens (including phenoxy) is 6. The molecule has 2 fully saturated rings. The molecule has 1 aromatic carbocycles. The van der Waals surface area contributed by atoms with Crippen LogP contribution in [-0.2, 0) is 55.9 Å². The predicted molar refractivity (Wildman–Crippen MR) is 179 cm³/mol. The maximum absolute atomic E-state index is 12.2. The largest absolute Gasteiger partial charge is 0.487 e. The number of hydrogen-bond donors (Lipinski definition) is 1. The van der Waals surface area contributed by atoms with E-state index in [1.54, 1.807) is 12.4 Å². The summed E-state index contributed by atoms with van der Waals surface area (Å²) in [7, 11) is 0. The van der Waals surface area contributed by atoms with Crippen molar-refractivity contribution in [2.45, 2.75) is 123 Å². The third-order valence-corrected chi connectivity index (χ3v) is 10.3. The van der Waals surface area contributed by atoms with Crippen LogP contribution in [0.2, 0.25) is 0 Å². The van der Waals surface area contributed by atoms with Crippen LogP contribution in [0.3, 0.4) is 0 Å². The van der Waals surface area contributed by atoms with Gasteiger partial charge in [0.2, 0.25) is 0 Å². The van der Waals surface area contributed by atoms with Crippen LogP contribution in [-0.4, -0.2) is 81.3 Å². The summed E-state index contributed by atoms with van der Waals surface area (Å²) in [6.45, 7) is 8.85. The van der Waals surface area contributed by atoms with Crippen LogP contribution in [0.25, 0.3) is 0 Å². The highest BCUT2D eigenvalue weighted by atomic mass is 16.7. The Balaban J connectivity index is 1.33. The fraction of sp³-hybridized carbons (Fsp3) is 0.639. The van der Waals surface area contributed by atoms with Crippen molar-refractivity contribution in [3.63, 3.8) is 0 Å². The highest BCUT2D eigenvalue weighted by Crippen LogP contribution is 2.55. The van der Waals surface area contributed by atoms with Crippen molar-refractivity contribution in [3.05, 3.63) is 41.2 Å². The smallest absolute Gasteiger partial charge is 0.303 e. The van der Waals surface area contributed by atoms with Gasteiger partial charge >= 0.3 is 23.9 Å². The Labute approximate surface area is 296 Å². The summed E-state index contributed by atoms with van der Waals surface area (Å²) < 4.78 is 35.3. The molecule has 0 radical (unpaired) electrons. The normalized spacial score (nSPS) is 30.1. The second-order valence-corrected chi connectivity index (χ2v) is 13.9. The maximum atomic E-state index is 12.2. The molecule has 9 atom stereocenters. The lowest BCUT2D eigenvalue weighted by atomic mass is 9.54. The number of carbonyl (C=O) groups excluding carboxylic acids is 4. The number of fused-ring (bicyclic) bond motifs is 3. The van der Waals surface area contributed by atoms with Crippen LogP contribution in [0.15, 0.2) is 29.6 Å². The van der Waals surface area contributed by atoms with Crippen molar-refractivity contribution in [1.82, 2.24) is 15.0 Å². The monoisotopic (exact) mass is 712 g/mol. The molecule has 0 amide bonds. The second kappa shape index (κ2) is 16.2. The van der Waals surface area contributed by atoms with Gasteiger partial charge in [-0.2, -0.15) is 0 Å². The highest BCUT2D eigenvalue weighted by Gasteiger charge is 2.53. The zero-order valence-electron chi connectivity index (χ0n) is 30.0. The van der Waals surface area contributed by atoms with Crippen LogP contribution in [0.5, 0.6) is 5.75 Å². The summed E-state index contributed by atoms with van der Waals surface area (Å²) in [5.74, 6) is -0.665. The summed E-state index contributed by atoms with van der Waals surface area (Å²) in [5.41, 5.74) is 2.95. The van der Waals surface area contributed by atoms with Crippen LogP contribution in [0, 0.1) is 17.3 Å². The van der Waals surface area contributed by atoms with Gasteiger partial charge < -0.3 is 33.6 Å². The third kappa shape index (κ3) is 8.68. The van der Waals surface area contributed by atoms with Crippen molar-refractivity contribution in [1.29, 1.82) is 0 Å². The zero-order valence-corrected chi connectivity index (χ0v) is 30.0. The standard InChI is InChI=1S/C36H48N4O11/c1-7-8-30-29-11-9-24-15-26(10-12-27(24)28(29)13-14-36(30,6)19-37-45)47-17-25-16-40(39-38-25)35-34(50-23(5)44)33(49-22(4)43)32(48-21(3)42)31(51-35)18-46-20(2)41/h10,12,15-16,19,28-35,45H,7-9,11,13-14,17-18H2,1-6H3/b37-19+/t28-,29-,30+,31-,32-,33+,34-,35-,36-/m1/s1. The van der Waals surface area contributed by atoms with Crippen molar-refractivity contribution >= 4 is 30.1 Å². The molecule has 1 saturated heterocycles. The topological polar surface area (TPSA) is 187 Å². The maximum Gasteiger partial charge on any atom is 0.303 e. The number of benzene rings is 1. The Morgan fingerprint density at radius 3 is 2.39 bits per heavy atom. The molecule has 2 aromatic rings. The van der Waals surface area contributed by atoms with E-state index in [-0.39, 0.29) is 18.6 Å². The Bertz CT molecular complexity index is 1610. The molecule has 1 aliphatic heterocycles. The third-order valence-electron chi connectivity index (χ3n) is 10.3. The van der Waals surface area contributed by atoms with E-state index in [1.807, 2.05) is 6.07 Å². The van der Waals surface area contributed by atoms with Crippen molar-refractivity contribution < 1.29 is 52.8 Å². The van der Waals surface area contributed by atoms with E-state index in [2.05, 4.69) is 41.4 Å². The first-order valence-electron chi connectivity index (χ1n) is 17.5. The molecule has 0 unspecified atom stereocenters. The van der Waals surface area contributed by atoms with Gasteiger partial charge in [0.15, 0.2) is 24.5 Å². The van der Waals surface area contributed by atoms with Gasteiger partial charge in [0, 0.05) is 39.3 Å². The van der Waals surface area contributed by atoms with Crippen LogP contribution in [0.1, 0.15) is 103 Å². The summed E-state index contributed by atoms with van der Waals surface area (Å²) in [6.07, 6.45) is 3.23. The van der Waals surface area contributed by atoms with Crippen LogP contribution < -0.4 is 4.74 Å². The molecule has 5 rings (SSSR count). The molecule has 0 bridgehead atoms. The molecule has 278 valence electrons. The molecule has 2 heterocycles. The fourth-order valence-corrected chi connectivity index (χ4v) is 8.22. The first-order valence-corrected chi connectivity index (χ1v) is 17.5. The number of aromatic nitrogens is 3. The van der Waals surface area contributed by atoms with E-state index in [4.69, 9.17) is 28.4 Å². The number of rotatable bonds is 12. The average molecular weight is 713 g/mol. The number of nitrogens with zero attached hydrogens (tertiary/aromatic N) is 4. The second-order valence-electron chi connectivity index (χ2n) is 13.9. The zero-order chi connectivity index (χ0) is 36.9. The van der Waals surface area contributed by atoms with Gasteiger partial charge in [-0.05, 0) is 73.1 Å². The van der Waals surface area contributed by atoms with E-state index in [0.29, 0.717) is 29.2 Å². The lowest BCUT2D eigenvalue weighted by Gasteiger charge is -2.50. The van der Waals surface area contributed by atoms with Crippen molar-refractivity contribution in [2.24, 2.45) is 22.4 Å². The number of oxime groups is 1. The quantitative estimate of drug-likeness (QED) is 0.107. The molecular weight excluding hydrogens is 664 g/mol. The molecule has 15 heteroatoms. The Morgan fingerprint density at radius 2 is 1.73 bits per heavy atom. The predicted octanol–water partition coefficient (Wildman–Crippen LogP) is 4.44. The molecule has 1 saturated carbocycles. The highest BCUT2D eigenvalue weighted by molar-refractivity contribution is 5.69. The number of carbonyl (C=O) groups is 4. The Hall–Kier alpha value is -4.53. The molecule has 1 aromatic heterocycles. The molecule has 2 aliphatic carbocycles. The van der Waals surface area contributed by atoms with Gasteiger partial charge in [0.1, 0.15) is 30.8 Å². The Morgan fingerprint density at radius 1 is 1.02 bits per heavy atom. The molecule has 15 nitrogen and oxygen atoms in total. The number of esters is 4. The lowest BCUT2D eigenvalue weighted by Crippen LogP contribution is -2.60. The summed E-state index contributed by atoms with van der Waals surface area (Å²) >= 11 is 0. The summed E-state index contributed by atoms with van der Waals surface area (Å²) in [6, 6.07) is 6.23. The van der Waals surface area contributed by atoms with Gasteiger partial charge in [-0.25, -0.2) is 4.68 Å².